The number of nitrogens with zero attached hydrogens (tertiary/aromatic N) is 2. The predicted molar refractivity (Wildman–Crippen MR) is 91.4 cm³/mol. The highest BCUT2D eigenvalue weighted by Gasteiger charge is 2.25. The molecule has 0 saturated heterocycles. The molecule has 2 aromatic rings. The van der Waals surface area contributed by atoms with Crippen LogP contribution in [0.15, 0.2) is 48.8 Å². The van der Waals surface area contributed by atoms with Crippen molar-refractivity contribution in [3.05, 3.63) is 64.9 Å². The SMILES string of the molecule is CCOCC(=O)N(CC)C(c1ccc(Cl)cc1)c1cccnc1. The van der Waals surface area contributed by atoms with Crippen LogP contribution in [0.2, 0.25) is 5.02 Å². The number of halogens is 1. The topological polar surface area (TPSA) is 42.4 Å². The van der Waals surface area contributed by atoms with Crippen LogP contribution in [0.3, 0.4) is 0 Å². The molecule has 0 radical (unpaired) electrons. The average molecular weight is 333 g/mol. The zero-order chi connectivity index (χ0) is 16.7. The first-order valence-electron chi connectivity index (χ1n) is 7.70. The predicted octanol–water partition coefficient (Wildman–Crippen LogP) is 3.71. The van der Waals surface area contributed by atoms with Crippen LogP contribution in [-0.4, -0.2) is 35.5 Å². The molecule has 1 aromatic heterocycles. The first-order valence-corrected chi connectivity index (χ1v) is 8.07. The minimum atomic E-state index is -0.209. The lowest BCUT2D eigenvalue weighted by molar-refractivity contribution is -0.137. The number of hydrogen-bond acceptors (Lipinski definition) is 3. The van der Waals surface area contributed by atoms with E-state index in [9.17, 15) is 4.79 Å². The Labute approximate surface area is 142 Å². The quantitative estimate of drug-likeness (QED) is 0.776. The molecule has 0 N–H and O–H groups in total. The first kappa shape index (κ1) is 17.4. The van der Waals surface area contributed by atoms with Crippen molar-refractivity contribution in [2.45, 2.75) is 19.9 Å². The van der Waals surface area contributed by atoms with Crippen LogP contribution in [-0.2, 0) is 9.53 Å². The molecule has 0 spiro atoms. The van der Waals surface area contributed by atoms with E-state index < -0.39 is 0 Å². The molecule has 23 heavy (non-hydrogen) atoms. The lowest BCUT2D eigenvalue weighted by atomic mass is 9.98. The van der Waals surface area contributed by atoms with Crippen LogP contribution in [0.25, 0.3) is 0 Å². The molecule has 2 rings (SSSR count). The molecule has 0 aliphatic heterocycles. The largest absolute Gasteiger partial charge is 0.372 e. The molecule has 0 aliphatic carbocycles. The van der Waals surface area contributed by atoms with Gasteiger partial charge in [-0.15, -0.1) is 0 Å². The molecule has 0 aliphatic rings. The van der Waals surface area contributed by atoms with Gasteiger partial charge in [0.15, 0.2) is 0 Å². The highest BCUT2D eigenvalue weighted by molar-refractivity contribution is 6.30. The summed E-state index contributed by atoms with van der Waals surface area (Å²) < 4.78 is 5.29. The Morgan fingerprint density at radius 2 is 1.96 bits per heavy atom. The maximum absolute atomic E-state index is 12.5. The summed E-state index contributed by atoms with van der Waals surface area (Å²) in [5, 5.41) is 0.669. The van der Waals surface area contributed by atoms with Gasteiger partial charge in [-0.3, -0.25) is 9.78 Å². The van der Waals surface area contributed by atoms with E-state index in [1.807, 2.05) is 50.2 Å². The molecule has 1 unspecified atom stereocenters. The zero-order valence-corrected chi connectivity index (χ0v) is 14.2. The van der Waals surface area contributed by atoms with Crippen molar-refractivity contribution >= 4 is 17.5 Å². The van der Waals surface area contributed by atoms with Gasteiger partial charge >= 0.3 is 0 Å². The van der Waals surface area contributed by atoms with Crippen molar-refractivity contribution in [3.8, 4) is 0 Å². The van der Waals surface area contributed by atoms with Crippen molar-refractivity contribution < 1.29 is 9.53 Å². The Balaban J connectivity index is 2.39. The van der Waals surface area contributed by atoms with Crippen LogP contribution in [0.1, 0.15) is 31.0 Å². The molecule has 4 nitrogen and oxygen atoms in total. The smallest absolute Gasteiger partial charge is 0.249 e. The van der Waals surface area contributed by atoms with Crippen LogP contribution >= 0.6 is 11.6 Å². The molecule has 1 aromatic carbocycles. The average Bonchev–Trinajstić information content (AvgIpc) is 2.59. The second-order valence-electron chi connectivity index (χ2n) is 5.06. The lowest BCUT2D eigenvalue weighted by Crippen LogP contribution is -2.38. The Bertz CT molecular complexity index is 617. The molecule has 0 bridgehead atoms. The van der Waals surface area contributed by atoms with Gasteiger partial charge in [-0.1, -0.05) is 29.8 Å². The minimum Gasteiger partial charge on any atom is -0.372 e. The Hall–Kier alpha value is -1.91. The number of likely N-dealkylation sites (N-methyl/N-ethyl adjacent to an activating group) is 1. The molecule has 122 valence electrons. The van der Waals surface area contributed by atoms with Crippen molar-refractivity contribution in [2.75, 3.05) is 19.8 Å². The van der Waals surface area contributed by atoms with Gasteiger partial charge in [-0.05, 0) is 43.2 Å². The number of rotatable bonds is 7. The molecule has 5 heteroatoms. The van der Waals surface area contributed by atoms with Crippen molar-refractivity contribution in [3.63, 3.8) is 0 Å². The van der Waals surface area contributed by atoms with Crippen LogP contribution in [0.5, 0.6) is 0 Å². The third kappa shape index (κ3) is 4.53. The Morgan fingerprint density at radius 1 is 1.22 bits per heavy atom. The van der Waals surface area contributed by atoms with Gasteiger partial charge in [-0.25, -0.2) is 0 Å². The molecule has 0 fully saturated rings. The van der Waals surface area contributed by atoms with E-state index in [0.29, 0.717) is 18.2 Å². The normalized spacial score (nSPS) is 12.0. The van der Waals surface area contributed by atoms with Gasteiger partial charge in [0.1, 0.15) is 6.61 Å². The number of carbonyl (C=O) groups excluding carboxylic acids is 1. The van der Waals surface area contributed by atoms with Crippen molar-refractivity contribution in [1.82, 2.24) is 9.88 Å². The summed E-state index contributed by atoms with van der Waals surface area (Å²) in [6.45, 7) is 5.01. The number of pyridine rings is 1. The Morgan fingerprint density at radius 3 is 2.52 bits per heavy atom. The third-order valence-corrected chi connectivity index (χ3v) is 3.84. The molecular formula is C18H21ClN2O2. The van der Waals surface area contributed by atoms with Gasteiger partial charge in [0.2, 0.25) is 5.91 Å². The van der Waals surface area contributed by atoms with Crippen LogP contribution in [0.4, 0.5) is 0 Å². The lowest BCUT2D eigenvalue weighted by Gasteiger charge is -2.31. The summed E-state index contributed by atoms with van der Waals surface area (Å²) in [6.07, 6.45) is 3.51. The maximum atomic E-state index is 12.5. The number of aromatic nitrogens is 1. The minimum absolute atomic E-state index is 0.0434. The van der Waals surface area contributed by atoms with Gasteiger partial charge in [0.25, 0.3) is 0 Å². The summed E-state index contributed by atoms with van der Waals surface area (Å²) in [6, 6.07) is 11.2. The van der Waals surface area contributed by atoms with Gasteiger partial charge in [-0.2, -0.15) is 0 Å². The van der Waals surface area contributed by atoms with Crippen molar-refractivity contribution in [2.24, 2.45) is 0 Å². The second kappa shape index (κ2) is 8.65. The van der Waals surface area contributed by atoms with Gasteiger partial charge in [0, 0.05) is 30.6 Å². The highest BCUT2D eigenvalue weighted by Crippen LogP contribution is 2.29. The number of amides is 1. The molecule has 1 heterocycles. The summed E-state index contributed by atoms with van der Waals surface area (Å²) in [4.78, 5) is 18.5. The molecule has 1 atom stereocenters. The maximum Gasteiger partial charge on any atom is 0.249 e. The zero-order valence-electron chi connectivity index (χ0n) is 13.4. The van der Waals surface area contributed by atoms with E-state index in [-0.39, 0.29) is 18.6 Å². The fourth-order valence-electron chi connectivity index (χ4n) is 2.51. The van der Waals surface area contributed by atoms with Crippen LogP contribution in [0, 0.1) is 0 Å². The molecule has 1 amide bonds. The van der Waals surface area contributed by atoms with E-state index >= 15 is 0 Å². The highest BCUT2D eigenvalue weighted by atomic mass is 35.5. The third-order valence-electron chi connectivity index (χ3n) is 3.59. The number of carbonyl (C=O) groups is 1. The summed E-state index contributed by atoms with van der Waals surface area (Å²) in [5.41, 5.74) is 1.95. The van der Waals surface area contributed by atoms with E-state index in [4.69, 9.17) is 16.3 Å². The van der Waals surface area contributed by atoms with E-state index in [1.165, 1.54) is 0 Å². The molecule has 0 saturated carbocycles. The monoisotopic (exact) mass is 332 g/mol. The molecular weight excluding hydrogens is 312 g/mol. The first-order chi connectivity index (χ1) is 11.2. The fraction of sp³-hybridized carbons (Fsp3) is 0.333. The van der Waals surface area contributed by atoms with E-state index in [2.05, 4.69) is 4.98 Å². The number of hydrogen-bond donors (Lipinski definition) is 0. The van der Waals surface area contributed by atoms with Gasteiger partial charge < -0.3 is 9.64 Å². The number of benzene rings is 1. The van der Waals surface area contributed by atoms with Crippen molar-refractivity contribution in [1.29, 1.82) is 0 Å². The number of ether oxygens (including phenoxy) is 1. The van der Waals surface area contributed by atoms with E-state index in [1.54, 1.807) is 17.3 Å². The fourth-order valence-corrected chi connectivity index (χ4v) is 2.64. The summed E-state index contributed by atoms with van der Waals surface area (Å²) in [5.74, 6) is -0.0434. The van der Waals surface area contributed by atoms with Crippen LogP contribution < -0.4 is 0 Å². The van der Waals surface area contributed by atoms with Gasteiger partial charge in [0.05, 0.1) is 6.04 Å². The summed E-state index contributed by atoms with van der Waals surface area (Å²) in [7, 11) is 0. The summed E-state index contributed by atoms with van der Waals surface area (Å²) >= 11 is 5.99. The van der Waals surface area contributed by atoms with E-state index in [0.717, 1.165) is 11.1 Å². The second-order valence-corrected chi connectivity index (χ2v) is 5.49. The Kier molecular flexibility index (Phi) is 6.56. The standard InChI is InChI=1S/C18H21ClN2O2/c1-3-21(17(22)13-23-4-2)18(15-6-5-11-20-12-15)14-7-9-16(19)10-8-14/h5-12,18H,3-4,13H2,1-2H3.